The van der Waals surface area contributed by atoms with Crippen LogP contribution in [-0.4, -0.2) is 43.7 Å². The molecule has 2 aromatic rings. The molecule has 0 spiro atoms. The van der Waals surface area contributed by atoms with E-state index in [1.54, 1.807) is 22.4 Å². The van der Waals surface area contributed by atoms with Crippen LogP contribution in [0.2, 0.25) is 0 Å². The maximum atomic E-state index is 12.4. The van der Waals surface area contributed by atoms with E-state index in [4.69, 9.17) is 0 Å². The van der Waals surface area contributed by atoms with E-state index < -0.39 is 6.10 Å². The molecule has 2 amide bonds. The highest BCUT2D eigenvalue weighted by atomic mass is 32.1. The van der Waals surface area contributed by atoms with Crippen LogP contribution in [-0.2, 0) is 13.6 Å². The first-order valence-corrected chi connectivity index (χ1v) is 8.95. The molecule has 1 saturated heterocycles. The standard InChI is InChI=1S/C16H23N5O2S/c1-11-8-18-13(24-11)9-19-16(23)21-6-3-4-12(10-21)14(22)15-17-5-7-20(15)2/h5,7-8,12,14,22H,3-4,6,9-10H2,1-2H3,(H,19,23)/t12-,14+/m1/s1. The smallest absolute Gasteiger partial charge is 0.317 e. The van der Waals surface area contributed by atoms with E-state index in [-0.39, 0.29) is 11.9 Å². The molecular formula is C16H23N5O2S. The van der Waals surface area contributed by atoms with Crippen LogP contribution in [0.1, 0.15) is 34.7 Å². The normalized spacial score (nSPS) is 19.3. The van der Waals surface area contributed by atoms with Gasteiger partial charge in [-0.1, -0.05) is 0 Å². The molecule has 7 nitrogen and oxygen atoms in total. The average molecular weight is 349 g/mol. The number of likely N-dealkylation sites (tertiary alicyclic amines) is 1. The summed E-state index contributed by atoms with van der Waals surface area (Å²) in [7, 11) is 1.87. The molecule has 24 heavy (non-hydrogen) atoms. The van der Waals surface area contributed by atoms with E-state index in [1.807, 2.05) is 30.9 Å². The summed E-state index contributed by atoms with van der Waals surface area (Å²) in [5.41, 5.74) is 0. The number of nitrogens with zero attached hydrogens (tertiary/aromatic N) is 4. The van der Waals surface area contributed by atoms with Crippen molar-refractivity contribution in [1.29, 1.82) is 0 Å². The third-order valence-corrected chi connectivity index (χ3v) is 5.29. The number of hydrogen-bond donors (Lipinski definition) is 2. The fraction of sp³-hybridized carbons (Fsp3) is 0.562. The Labute approximate surface area is 145 Å². The van der Waals surface area contributed by atoms with Crippen LogP contribution in [0.4, 0.5) is 4.79 Å². The lowest BCUT2D eigenvalue weighted by atomic mass is 9.92. The fourth-order valence-corrected chi connectivity index (χ4v) is 3.80. The van der Waals surface area contributed by atoms with Crippen LogP contribution in [0.25, 0.3) is 0 Å². The summed E-state index contributed by atoms with van der Waals surface area (Å²) in [6, 6.07) is -0.0976. The van der Waals surface area contributed by atoms with Gasteiger partial charge in [0.25, 0.3) is 0 Å². The highest BCUT2D eigenvalue weighted by Crippen LogP contribution is 2.28. The molecule has 2 atom stereocenters. The maximum absolute atomic E-state index is 12.4. The first-order chi connectivity index (χ1) is 11.5. The molecule has 0 radical (unpaired) electrons. The number of urea groups is 1. The molecule has 130 valence electrons. The number of carbonyl (C=O) groups is 1. The number of aromatic nitrogens is 3. The summed E-state index contributed by atoms with van der Waals surface area (Å²) in [4.78, 5) is 23.8. The van der Waals surface area contributed by atoms with Gasteiger partial charge in [0.05, 0.1) is 6.54 Å². The van der Waals surface area contributed by atoms with Gasteiger partial charge in [-0.15, -0.1) is 11.3 Å². The summed E-state index contributed by atoms with van der Waals surface area (Å²) in [5.74, 6) is 0.660. The van der Waals surface area contributed by atoms with Crippen LogP contribution in [0.5, 0.6) is 0 Å². The Bertz CT molecular complexity index is 698. The van der Waals surface area contributed by atoms with E-state index in [2.05, 4.69) is 15.3 Å². The Hall–Kier alpha value is -1.93. The van der Waals surface area contributed by atoms with Gasteiger partial charge in [-0.3, -0.25) is 0 Å². The number of amides is 2. The fourth-order valence-electron chi connectivity index (χ4n) is 3.07. The summed E-state index contributed by atoms with van der Waals surface area (Å²) in [5, 5.41) is 14.4. The van der Waals surface area contributed by atoms with Crippen molar-refractivity contribution < 1.29 is 9.90 Å². The minimum Gasteiger partial charge on any atom is -0.385 e. The molecule has 3 rings (SSSR count). The number of hydrogen-bond acceptors (Lipinski definition) is 5. The van der Waals surface area contributed by atoms with Gasteiger partial charge >= 0.3 is 6.03 Å². The van der Waals surface area contributed by atoms with Crippen LogP contribution in [0.15, 0.2) is 18.6 Å². The molecule has 3 heterocycles. The van der Waals surface area contributed by atoms with Gasteiger partial charge < -0.3 is 19.9 Å². The second-order valence-corrected chi connectivity index (χ2v) is 7.53. The number of aliphatic hydroxyl groups excluding tert-OH is 1. The lowest BCUT2D eigenvalue weighted by Crippen LogP contribution is -2.46. The van der Waals surface area contributed by atoms with Crippen LogP contribution in [0, 0.1) is 12.8 Å². The third kappa shape index (κ3) is 3.76. The number of aryl methyl sites for hydroxylation is 2. The van der Waals surface area contributed by atoms with Gasteiger partial charge in [-0.05, 0) is 19.8 Å². The molecule has 0 aliphatic carbocycles. The van der Waals surface area contributed by atoms with E-state index in [9.17, 15) is 9.90 Å². The Morgan fingerprint density at radius 2 is 2.38 bits per heavy atom. The predicted octanol–water partition coefficient (Wildman–Crippen LogP) is 1.84. The number of carbonyl (C=O) groups excluding carboxylic acids is 1. The Morgan fingerprint density at radius 3 is 3.04 bits per heavy atom. The van der Waals surface area contributed by atoms with Crippen molar-refractivity contribution in [3.8, 4) is 0 Å². The molecule has 1 aliphatic heterocycles. The van der Waals surface area contributed by atoms with E-state index in [0.717, 1.165) is 22.7 Å². The van der Waals surface area contributed by atoms with Gasteiger partial charge in [0.15, 0.2) is 0 Å². The highest BCUT2D eigenvalue weighted by Gasteiger charge is 2.31. The average Bonchev–Trinajstić information content (AvgIpc) is 3.20. The molecule has 1 aliphatic rings. The molecule has 2 N–H and O–H groups in total. The van der Waals surface area contributed by atoms with Crippen molar-refractivity contribution in [2.45, 2.75) is 32.4 Å². The van der Waals surface area contributed by atoms with Crippen molar-refractivity contribution in [1.82, 2.24) is 24.8 Å². The maximum Gasteiger partial charge on any atom is 0.317 e. The molecule has 0 unspecified atom stereocenters. The summed E-state index contributed by atoms with van der Waals surface area (Å²) in [6.07, 6.45) is 6.44. The minimum absolute atomic E-state index is 0.00714. The van der Waals surface area contributed by atoms with Gasteiger partial charge in [-0.25, -0.2) is 14.8 Å². The molecular weight excluding hydrogens is 326 g/mol. The van der Waals surface area contributed by atoms with Crippen molar-refractivity contribution in [2.24, 2.45) is 13.0 Å². The molecule has 0 saturated carbocycles. The molecule has 8 heteroatoms. The number of aliphatic hydroxyl groups is 1. The summed E-state index contributed by atoms with van der Waals surface area (Å²) >= 11 is 1.59. The summed E-state index contributed by atoms with van der Waals surface area (Å²) in [6.45, 7) is 3.70. The lowest BCUT2D eigenvalue weighted by Gasteiger charge is -2.34. The lowest BCUT2D eigenvalue weighted by molar-refractivity contribution is 0.0532. The Kier molecular flexibility index (Phi) is 5.15. The van der Waals surface area contributed by atoms with E-state index >= 15 is 0 Å². The zero-order valence-corrected chi connectivity index (χ0v) is 14.8. The SMILES string of the molecule is Cc1cnc(CNC(=O)N2CCC[C@@H]([C@H](O)c3nccn3C)C2)s1. The van der Waals surface area contributed by atoms with Crippen molar-refractivity contribution in [2.75, 3.05) is 13.1 Å². The number of nitrogens with one attached hydrogen (secondary N) is 1. The zero-order valence-electron chi connectivity index (χ0n) is 14.0. The van der Waals surface area contributed by atoms with Gasteiger partial charge in [-0.2, -0.15) is 0 Å². The minimum atomic E-state index is -0.651. The van der Waals surface area contributed by atoms with Crippen molar-refractivity contribution in [3.05, 3.63) is 34.3 Å². The van der Waals surface area contributed by atoms with Gasteiger partial charge in [0.2, 0.25) is 0 Å². The van der Waals surface area contributed by atoms with E-state index in [0.29, 0.717) is 25.5 Å². The molecule has 1 fully saturated rings. The largest absolute Gasteiger partial charge is 0.385 e. The van der Waals surface area contributed by atoms with Gasteiger partial charge in [0, 0.05) is 49.5 Å². The predicted molar refractivity (Wildman–Crippen MR) is 91.6 cm³/mol. The van der Waals surface area contributed by atoms with Crippen LogP contribution in [0.3, 0.4) is 0 Å². The number of piperidine rings is 1. The van der Waals surface area contributed by atoms with Gasteiger partial charge in [0.1, 0.15) is 16.9 Å². The van der Waals surface area contributed by atoms with E-state index in [1.165, 1.54) is 0 Å². The van der Waals surface area contributed by atoms with Crippen molar-refractivity contribution in [3.63, 3.8) is 0 Å². The Morgan fingerprint density at radius 1 is 1.54 bits per heavy atom. The Balaban J connectivity index is 1.56. The topological polar surface area (TPSA) is 83.3 Å². The quantitative estimate of drug-likeness (QED) is 0.882. The number of rotatable bonds is 4. The molecule has 0 aromatic carbocycles. The first kappa shape index (κ1) is 16.9. The summed E-state index contributed by atoms with van der Waals surface area (Å²) < 4.78 is 1.83. The molecule has 0 bridgehead atoms. The highest BCUT2D eigenvalue weighted by molar-refractivity contribution is 7.11. The zero-order chi connectivity index (χ0) is 17.1. The van der Waals surface area contributed by atoms with Crippen LogP contribution < -0.4 is 5.32 Å². The second kappa shape index (κ2) is 7.31. The number of thiazole rings is 1. The van der Waals surface area contributed by atoms with Crippen LogP contribution >= 0.6 is 11.3 Å². The third-order valence-electron chi connectivity index (χ3n) is 4.37. The number of imidazole rings is 1. The molecule has 2 aromatic heterocycles. The second-order valence-electron chi connectivity index (χ2n) is 6.21. The first-order valence-electron chi connectivity index (χ1n) is 8.14. The monoisotopic (exact) mass is 349 g/mol. The van der Waals surface area contributed by atoms with Crippen molar-refractivity contribution >= 4 is 17.4 Å².